The van der Waals surface area contributed by atoms with E-state index in [4.69, 9.17) is 0 Å². The minimum atomic E-state index is 0.261. The molecule has 0 fully saturated rings. The van der Waals surface area contributed by atoms with Crippen molar-refractivity contribution in [3.63, 3.8) is 0 Å². The van der Waals surface area contributed by atoms with Crippen molar-refractivity contribution in [2.45, 2.75) is 64.7 Å². The number of hydrogen-bond donors (Lipinski definition) is 0. The summed E-state index contributed by atoms with van der Waals surface area (Å²) in [7, 11) is 0. The average Bonchev–Trinajstić information content (AvgIpc) is 2.59. The topological polar surface area (TPSA) is 0 Å². The van der Waals surface area contributed by atoms with Crippen LogP contribution in [0.25, 0.3) is 11.6 Å². The molecule has 1 radical (unpaired) electrons. The van der Waals surface area contributed by atoms with Gasteiger partial charge in [0, 0.05) is 0 Å². The van der Waals surface area contributed by atoms with Gasteiger partial charge in [-0.1, -0.05) is 76.2 Å². The van der Waals surface area contributed by atoms with E-state index in [9.17, 15) is 0 Å². The van der Waals surface area contributed by atoms with Crippen LogP contribution in [0, 0.1) is 6.92 Å². The highest BCUT2D eigenvalue weighted by atomic mass is 14.4. The Hall–Kier alpha value is -1.82. The van der Waals surface area contributed by atoms with Gasteiger partial charge in [-0.25, -0.2) is 0 Å². The number of hydrogen-bond acceptors (Lipinski definition) is 0. The molecule has 0 heterocycles. The molecule has 0 saturated carbocycles. The second-order valence-corrected chi connectivity index (χ2v) is 8.85. The molecule has 131 valence electrons. The summed E-state index contributed by atoms with van der Waals surface area (Å²) < 4.78 is 0. The zero-order valence-corrected chi connectivity index (χ0v) is 16.4. The summed E-state index contributed by atoms with van der Waals surface area (Å²) in [6.07, 6.45) is 5.65. The third-order valence-corrected chi connectivity index (χ3v) is 5.96. The van der Waals surface area contributed by atoms with Crippen molar-refractivity contribution in [3.8, 4) is 0 Å². The standard InChI is InChI=1S/C25H31/c1-7-19-8-10-20(11-9-19)16-18(2)21-12-13-22-23(17-21)25(5,6)15-14-24(22,3)4/h8-13,16-17H,1,7,14-15H2,2-6H3/b18-16+. The van der Waals surface area contributed by atoms with E-state index in [1.54, 1.807) is 0 Å². The van der Waals surface area contributed by atoms with Crippen molar-refractivity contribution in [3.05, 3.63) is 77.2 Å². The summed E-state index contributed by atoms with van der Waals surface area (Å²) in [4.78, 5) is 0. The SMILES string of the molecule is [CH2]Cc1ccc(/C=C(\C)c2ccc3c(c2)C(C)(C)CCC3(C)C)cc1. The quantitative estimate of drug-likeness (QED) is 0.533. The Balaban J connectivity index is 1.99. The molecule has 0 amide bonds. The van der Waals surface area contributed by atoms with Crippen molar-refractivity contribution in [2.24, 2.45) is 0 Å². The summed E-state index contributed by atoms with van der Waals surface area (Å²) in [5, 5.41) is 0. The lowest BCUT2D eigenvalue weighted by Crippen LogP contribution is -2.33. The van der Waals surface area contributed by atoms with Gasteiger partial charge in [-0.15, -0.1) is 0 Å². The number of rotatable bonds is 3. The maximum Gasteiger partial charge on any atom is -0.0100 e. The summed E-state index contributed by atoms with van der Waals surface area (Å²) in [6, 6.07) is 15.8. The van der Waals surface area contributed by atoms with Crippen LogP contribution in [0.1, 0.15) is 75.3 Å². The fraction of sp³-hybridized carbons (Fsp3) is 0.400. The maximum atomic E-state index is 3.94. The van der Waals surface area contributed by atoms with Gasteiger partial charge in [0.2, 0.25) is 0 Å². The Labute approximate surface area is 154 Å². The lowest BCUT2D eigenvalue weighted by molar-refractivity contribution is 0.332. The average molecular weight is 332 g/mol. The molecule has 0 spiro atoms. The molecule has 25 heavy (non-hydrogen) atoms. The second-order valence-electron chi connectivity index (χ2n) is 8.85. The van der Waals surface area contributed by atoms with E-state index in [2.05, 4.69) is 90.1 Å². The minimum Gasteiger partial charge on any atom is -0.0584 e. The van der Waals surface area contributed by atoms with Gasteiger partial charge in [-0.2, -0.15) is 0 Å². The van der Waals surface area contributed by atoms with Crippen LogP contribution in [0.4, 0.5) is 0 Å². The molecular formula is C25H31. The summed E-state index contributed by atoms with van der Waals surface area (Å²) in [5.41, 5.74) is 8.80. The molecule has 0 unspecified atom stereocenters. The van der Waals surface area contributed by atoms with Crippen LogP contribution in [0.3, 0.4) is 0 Å². The number of benzene rings is 2. The van der Waals surface area contributed by atoms with Crippen molar-refractivity contribution < 1.29 is 0 Å². The van der Waals surface area contributed by atoms with E-state index in [1.165, 1.54) is 46.2 Å². The fourth-order valence-electron chi connectivity index (χ4n) is 3.95. The molecule has 2 aromatic carbocycles. The van der Waals surface area contributed by atoms with E-state index in [0.717, 1.165) is 6.42 Å². The lowest BCUT2D eigenvalue weighted by Gasteiger charge is -2.42. The second kappa shape index (κ2) is 6.48. The molecule has 0 aliphatic heterocycles. The zero-order chi connectivity index (χ0) is 18.2. The Kier molecular flexibility index (Phi) is 4.66. The molecule has 0 heteroatoms. The van der Waals surface area contributed by atoms with Crippen molar-refractivity contribution in [2.75, 3.05) is 0 Å². The number of fused-ring (bicyclic) bond motifs is 1. The van der Waals surface area contributed by atoms with E-state index in [0.29, 0.717) is 0 Å². The van der Waals surface area contributed by atoms with Gasteiger partial charge in [0.05, 0.1) is 0 Å². The molecule has 1 aliphatic carbocycles. The molecule has 0 aromatic heterocycles. The van der Waals surface area contributed by atoms with E-state index in [1.807, 2.05) is 0 Å². The normalized spacial score (nSPS) is 18.7. The van der Waals surface area contributed by atoms with Crippen molar-refractivity contribution in [1.29, 1.82) is 0 Å². The third kappa shape index (κ3) is 3.59. The highest BCUT2D eigenvalue weighted by Gasteiger charge is 2.36. The maximum absolute atomic E-state index is 3.94. The fourth-order valence-corrected chi connectivity index (χ4v) is 3.95. The highest BCUT2D eigenvalue weighted by molar-refractivity contribution is 5.80. The van der Waals surface area contributed by atoms with Crippen LogP contribution < -0.4 is 0 Å². The largest absolute Gasteiger partial charge is 0.0584 e. The van der Waals surface area contributed by atoms with Gasteiger partial charge in [0.15, 0.2) is 0 Å². The van der Waals surface area contributed by atoms with Gasteiger partial charge >= 0.3 is 0 Å². The summed E-state index contributed by atoms with van der Waals surface area (Å²) in [6.45, 7) is 15.7. The molecule has 2 aromatic rings. The van der Waals surface area contributed by atoms with Gasteiger partial charge in [-0.05, 0) is 77.3 Å². The summed E-state index contributed by atoms with van der Waals surface area (Å²) >= 11 is 0. The Morgan fingerprint density at radius 3 is 2.12 bits per heavy atom. The van der Waals surface area contributed by atoms with Crippen molar-refractivity contribution in [1.82, 2.24) is 0 Å². The molecule has 3 rings (SSSR count). The lowest BCUT2D eigenvalue weighted by atomic mass is 9.63. The van der Waals surface area contributed by atoms with E-state index >= 15 is 0 Å². The number of allylic oxidation sites excluding steroid dienone is 1. The van der Waals surface area contributed by atoms with Crippen LogP contribution in [0.15, 0.2) is 42.5 Å². The molecule has 0 saturated heterocycles. The first kappa shape index (κ1) is 18.0. The monoisotopic (exact) mass is 331 g/mol. The van der Waals surface area contributed by atoms with E-state index < -0.39 is 0 Å². The Morgan fingerprint density at radius 2 is 1.52 bits per heavy atom. The smallest absolute Gasteiger partial charge is 0.0100 e. The first-order valence-corrected chi connectivity index (χ1v) is 9.45. The summed E-state index contributed by atoms with van der Waals surface area (Å²) in [5.74, 6) is 0. The molecule has 0 nitrogen and oxygen atoms in total. The van der Waals surface area contributed by atoms with E-state index in [-0.39, 0.29) is 10.8 Å². The Bertz CT molecular complexity index is 785. The molecular weight excluding hydrogens is 300 g/mol. The molecule has 0 atom stereocenters. The van der Waals surface area contributed by atoms with Crippen LogP contribution in [-0.2, 0) is 17.3 Å². The molecule has 0 bridgehead atoms. The predicted octanol–water partition coefficient (Wildman–Crippen LogP) is 6.97. The third-order valence-electron chi connectivity index (χ3n) is 5.96. The zero-order valence-electron chi connectivity index (χ0n) is 16.4. The van der Waals surface area contributed by atoms with Gasteiger partial charge in [0.25, 0.3) is 0 Å². The van der Waals surface area contributed by atoms with Crippen LogP contribution >= 0.6 is 0 Å². The van der Waals surface area contributed by atoms with Gasteiger partial charge in [0.1, 0.15) is 0 Å². The Morgan fingerprint density at radius 1 is 0.920 bits per heavy atom. The van der Waals surface area contributed by atoms with Crippen LogP contribution in [0.2, 0.25) is 0 Å². The van der Waals surface area contributed by atoms with Crippen LogP contribution in [-0.4, -0.2) is 0 Å². The first-order valence-electron chi connectivity index (χ1n) is 9.45. The first-order chi connectivity index (χ1) is 11.7. The van der Waals surface area contributed by atoms with Crippen molar-refractivity contribution >= 4 is 11.6 Å². The highest BCUT2D eigenvalue weighted by Crippen LogP contribution is 2.46. The van der Waals surface area contributed by atoms with Gasteiger partial charge in [-0.3, -0.25) is 0 Å². The van der Waals surface area contributed by atoms with Crippen LogP contribution in [0.5, 0.6) is 0 Å². The molecule has 1 aliphatic rings. The predicted molar refractivity (Wildman–Crippen MR) is 111 cm³/mol. The minimum absolute atomic E-state index is 0.261. The molecule has 0 N–H and O–H groups in total. The van der Waals surface area contributed by atoms with Gasteiger partial charge < -0.3 is 0 Å².